The number of hydrogen-bond donors (Lipinski definition) is 1. The molecule has 0 aliphatic carbocycles. The van der Waals surface area contributed by atoms with E-state index in [0.29, 0.717) is 6.10 Å². The molecule has 3 rings (SSSR count). The minimum absolute atomic E-state index is 0.0293. The second kappa shape index (κ2) is 4.26. The Kier molecular flexibility index (Phi) is 2.87. The average Bonchev–Trinajstić information content (AvgIpc) is 2.94. The number of ether oxygens (including phenoxy) is 2. The Morgan fingerprint density at radius 1 is 1.25 bits per heavy atom. The Morgan fingerprint density at radius 3 is 2.60 bits per heavy atom. The number of epoxide rings is 1. The summed E-state index contributed by atoms with van der Waals surface area (Å²) in [5, 5.41) is 9.95. The van der Waals surface area contributed by atoms with Gasteiger partial charge in [-0.25, -0.2) is 0 Å². The standard InChI is InChI=1S/C17H22O3/c1-11-9-13(18)12-5-7-17(4,19-14(12)10-11)8-6-15-16(2,3)20-15/h5,7,9-10,15,18H,6,8H2,1-4H3. The lowest BCUT2D eigenvalue weighted by molar-refractivity contribution is 0.121. The Hall–Kier alpha value is -1.48. The normalized spacial score (nSPS) is 29.7. The molecule has 3 heteroatoms. The lowest BCUT2D eigenvalue weighted by Gasteiger charge is -2.32. The molecule has 108 valence electrons. The monoisotopic (exact) mass is 274 g/mol. The van der Waals surface area contributed by atoms with Crippen molar-refractivity contribution in [2.24, 2.45) is 0 Å². The molecule has 1 aromatic carbocycles. The number of phenolic OH excluding ortho intramolecular Hbond substituents is 1. The maximum absolute atomic E-state index is 9.95. The summed E-state index contributed by atoms with van der Waals surface area (Å²) in [6, 6.07) is 3.74. The van der Waals surface area contributed by atoms with Gasteiger partial charge in [-0.05, 0) is 70.4 Å². The first kappa shape index (κ1) is 13.5. The summed E-state index contributed by atoms with van der Waals surface area (Å²) in [4.78, 5) is 0. The number of aryl methyl sites for hydroxylation is 1. The molecular formula is C17H22O3. The van der Waals surface area contributed by atoms with E-state index in [-0.39, 0.29) is 17.0 Å². The number of aromatic hydroxyl groups is 1. The molecule has 0 spiro atoms. The second-order valence-electron chi connectivity index (χ2n) is 6.69. The molecule has 0 radical (unpaired) electrons. The number of benzene rings is 1. The van der Waals surface area contributed by atoms with Gasteiger partial charge in [0.15, 0.2) is 0 Å². The Morgan fingerprint density at radius 2 is 1.95 bits per heavy atom. The van der Waals surface area contributed by atoms with Crippen LogP contribution in [0, 0.1) is 6.92 Å². The topological polar surface area (TPSA) is 42.0 Å². The van der Waals surface area contributed by atoms with Crippen molar-refractivity contribution < 1.29 is 14.6 Å². The van der Waals surface area contributed by atoms with Gasteiger partial charge in [0.2, 0.25) is 0 Å². The van der Waals surface area contributed by atoms with Gasteiger partial charge in [0.05, 0.1) is 17.3 Å². The zero-order valence-corrected chi connectivity index (χ0v) is 12.6. The minimum atomic E-state index is -0.324. The molecule has 1 aromatic rings. The number of phenols is 1. The smallest absolute Gasteiger partial charge is 0.131 e. The molecule has 2 heterocycles. The second-order valence-corrected chi connectivity index (χ2v) is 6.69. The fourth-order valence-electron chi connectivity index (χ4n) is 2.83. The van der Waals surface area contributed by atoms with Gasteiger partial charge in [-0.2, -0.15) is 0 Å². The number of rotatable bonds is 3. The molecule has 3 nitrogen and oxygen atoms in total. The molecule has 1 fully saturated rings. The van der Waals surface area contributed by atoms with Crippen LogP contribution < -0.4 is 4.74 Å². The molecule has 2 aliphatic rings. The largest absolute Gasteiger partial charge is 0.507 e. The average molecular weight is 274 g/mol. The van der Waals surface area contributed by atoms with Gasteiger partial charge in [0, 0.05) is 0 Å². The Labute approximate surface area is 120 Å². The number of hydrogen-bond acceptors (Lipinski definition) is 3. The van der Waals surface area contributed by atoms with Crippen LogP contribution in [0.4, 0.5) is 0 Å². The summed E-state index contributed by atoms with van der Waals surface area (Å²) in [6.45, 7) is 8.28. The summed E-state index contributed by atoms with van der Waals surface area (Å²) >= 11 is 0. The third kappa shape index (κ3) is 2.42. The van der Waals surface area contributed by atoms with Gasteiger partial charge < -0.3 is 14.6 Å². The van der Waals surface area contributed by atoms with Crippen LogP contribution in [0.5, 0.6) is 11.5 Å². The summed E-state index contributed by atoms with van der Waals surface area (Å²) in [6.07, 6.45) is 6.24. The lowest BCUT2D eigenvalue weighted by atomic mass is 9.92. The minimum Gasteiger partial charge on any atom is -0.507 e. The van der Waals surface area contributed by atoms with Crippen LogP contribution in [-0.4, -0.2) is 22.4 Å². The molecule has 1 N–H and O–H groups in total. The molecule has 0 saturated carbocycles. The number of fused-ring (bicyclic) bond motifs is 1. The molecule has 2 aliphatic heterocycles. The van der Waals surface area contributed by atoms with E-state index >= 15 is 0 Å². The molecule has 2 unspecified atom stereocenters. The highest BCUT2D eigenvalue weighted by atomic mass is 16.6. The summed E-state index contributed by atoms with van der Waals surface area (Å²) in [7, 11) is 0. The maximum Gasteiger partial charge on any atom is 0.131 e. The van der Waals surface area contributed by atoms with Crippen molar-refractivity contribution in [3.8, 4) is 11.5 Å². The highest BCUT2D eigenvalue weighted by molar-refractivity contribution is 5.67. The van der Waals surface area contributed by atoms with Crippen LogP contribution in [-0.2, 0) is 4.74 Å². The quantitative estimate of drug-likeness (QED) is 0.852. The third-order valence-electron chi connectivity index (χ3n) is 4.28. The van der Waals surface area contributed by atoms with Crippen molar-refractivity contribution in [2.45, 2.75) is 57.8 Å². The van der Waals surface area contributed by atoms with Gasteiger partial charge in [-0.15, -0.1) is 0 Å². The van der Waals surface area contributed by atoms with E-state index in [2.05, 4.69) is 20.8 Å². The van der Waals surface area contributed by atoms with E-state index in [9.17, 15) is 5.11 Å². The van der Waals surface area contributed by atoms with Crippen LogP contribution >= 0.6 is 0 Å². The van der Waals surface area contributed by atoms with Crippen LogP contribution in [0.3, 0.4) is 0 Å². The van der Waals surface area contributed by atoms with E-state index in [1.807, 2.05) is 25.1 Å². The van der Waals surface area contributed by atoms with Crippen molar-refractivity contribution in [3.63, 3.8) is 0 Å². The SMILES string of the molecule is Cc1cc(O)c2c(c1)OC(C)(CCC1OC1(C)C)C=C2. The summed E-state index contributed by atoms with van der Waals surface area (Å²) < 4.78 is 11.8. The van der Waals surface area contributed by atoms with E-state index < -0.39 is 0 Å². The van der Waals surface area contributed by atoms with E-state index in [1.165, 1.54) is 0 Å². The van der Waals surface area contributed by atoms with Crippen LogP contribution in [0.15, 0.2) is 18.2 Å². The Balaban J connectivity index is 1.74. The fourth-order valence-corrected chi connectivity index (χ4v) is 2.83. The molecule has 1 saturated heterocycles. The van der Waals surface area contributed by atoms with Gasteiger partial charge in [0.25, 0.3) is 0 Å². The first-order chi connectivity index (χ1) is 9.29. The molecule has 0 aromatic heterocycles. The van der Waals surface area contributed by atoms with Crippen molar-refractivity contribution in [1.82, 2.24) is 0 Å². The first-order valence-corrected chi connectivity index (χ1v) is 7.19. The van der Waals surface area contributed by atoms with Crippen LogP contribution in [0.1, 0.15) is 44.7 Å². The summed E-state index contributed by atoms with van der Waals surface area (Å²) in [5.74, 6) is 1.05. The molecule has 0 bridgehead atoms. The van der Waals surface area contributed by atoms with Gasteiger partial charge in [-0.1, -0.05) is 0 Å². The van der Waals surface area contributed by atoms with Crippen molar-refractivity contribution >= 4 is 6.08 Å². The lowest BCUT2D eigenvalue weighted by Crippen LogP contribution is -2.32. The van der Waals surface area contributed by atoms with Gasteiger partial charge in [0.1, 0.15) is 17.1 Å². The molecule has 20 heavy (non-hydrogen) atoms. The van der Waals surface area contributed by atoms with Crippen molar-refractivity contribution in [1.29, 1.82) is 0 Å². The van der Waals surface area contributed by atoms with Crippen molar-refractivity contribution in [3.05, 3.63) is 29.3 Å². The predicted molar refractivity (Wildman–Crippen MR) is 79.1 cm³/mol. The molecule has 2 atom stereocenters. The predicted octanol–water partition coefficient (Wildman–Crippen LogP) is 3.82. The van der Waals surface area contributed by atoms with Crippen molar-refractivity contribution in [2.75, 3.05) is 0 Å². The van der Waals surface area contributed by atoms with E-state index in [1.54, 1.807) is 6.07 Å². The zero-order chi connectivity index (χ0) is 14.5. The van der Waals surface area contributed by atoms with Crippen LogP contribution in [0.2, 0.25) is 0 Å². The zero-order valence-electron chi connectivity index (χ0n) is 12.6. The van der Waals surface area contributed by atoms with E-state index in [0.717, 1.165) is 29.7 Å². The Bertz CT molecular complexity index is 574. The molecule has 0 amide bonds. The highest BCUT2D eigenvalue weighted by Crippen LogP contribution is 2.43. The maximum atomic E-state index is 9.95. The molecular weight excluding hydrogens is 252 g/mol. The summed E-state index contributed by atoms with van der Waals surface area (Å²) in [5.41, 5.74) is 1.48. The van der Waals surface area contributed by atoms with Gasteiger partial charge >= 0.3 is 0 Å². The first-order valence-electron chi connectivity index (χ1n) is 7.19. The highest BCUT2D eigenvalue weighted by Gasteiger charge is 2.48. The van der Waals surface area contributed by atoms with Gasteiger partial charge in [-0.3, -0.25) is 0 Å². The van der Waals surface area contributed by atoms with Crippen LogP contribution in [0.25, 0.3) is 6.08 Å². The fraction of sp³-hybridized carbons (Fsp3) is 0.529. The van der Waals surface area contributed by atoms with E-state index in [4.69, 9.17) is 9.47 Å². The third-order valence-corrected chi connectivity index (χ3v) is 4.28.